The third-order valence-corrected chi connectivity index (χ3v) is 4.24. The summed E-state index contributed by atoms with van der Waals surface area (Å²) in [6, 6.07) is 13.2. The van der Waals surface area contributed by atoms with Gasteiger partial charge >= 0.3 is 5.97 Å². The zero-order valence-electron chi connectivity index (χ0n) is 14.4. The molecule has 0 bridgehead atoms. The average Bonchev–Trinajstić information content (AvgIpc) is 3.08. The van der Waals surface area contributed by atoms with Gasteiger partial charge in [-0.2, -0.15) is 0 Å². The summed E-state index contributed by atoms with van der Waals surface area (Å²) in [6.07, 6.45) is 3.99. The molecule has 0 spiro atoms. The molecule has 1 saturated heterocycles. The number of pyridine rings is 1. The minimum absolute atomic E-state index is 0. The predicted molar refractivity (Wildman–Crippen MR) is 100 cm³/mol. The van der Waals surface area contributed by atoms with E-state index in [9.17, 15) is 4.79 Å². The second-order valence-corrected chi connectivity index (χ2v) is 6.03. The molecule has 2 heterocycles. The second kappa shape index (κ2) is 9.99. The number of aromatic nitrogens is 1. The van der Waals surface area contributed by atoms with E-state index in [1.165, 1.54) is 0 Å². The highest BCUT2D eigenvalue weighted by atomic mass is 35.5. The van der Waals surface area contributed by atoms with E-state index in [4.69, 9.17) is 14.6 Å². The third-order valence-electron chi connectivity index (χ3n) is 4.24. The molecule has 0 radical (unpaired) electrons. The van der Waals surface area contributed by atoms with Gasteiger partial charge < -0.3 is 14.6 Å². The van der Waals surface area contributed by atoms with Crippen LogP contribution in [0.25, 0.3) is 0 Å². The molecule has 1 aromatic heterocycles. The monoisotopic (exact) mass is 378 g/mol. The summed E-state index contributed by atoms with van der Waals surface area (Å²) in [5, 5.41) is 8.83. The molecule has 0 aliphatic carbocycles. The van der Waals surface area contributed by atoms with Crippen LogP contribution in [0.1, 0.15) is 19.3 Å². The molecule has 1 atom stereocenters. The molecule has 0 unspecified atom stereocenters. The highest BCUT2D eigenvalue weighted by Crippen LogP contribution is 2.23. The molecule has 1 aliphatic heterocycles. The highest BCUT2D eigenvalue weighted by molar-refractivity contribution is 5.85. The Kier molecular flexibility index (Phi) is 7.69. The number of carbonyl (C=O) groups is 1. The number of hydrogen-bond donors (Lipinski definition) is 1. The van der Waals surface area contributed by atoms with Crippen molar-refractivity contribution in [2.24, 2.45) is 0 Å². The van der Waals surface area contributed by atoms with Gasteiger partial charge in [0.1, 0.15) is 18.1 Å². The lowest BCUT2D eigenvalue weighted by Gasteiger charge is -2.23. The molecule has 1 fully saturated rings. The predicted octanol–water partition coefficient (Wildman–Crippen LogP) is 3.61. The van der Waals surface area contributed by atoms with Gasteiger partial charge in [-0.05, 0) is 49.7 Å². The van der Waals surface area contributed by atoms with Gasteiger partial charge in [0.25, 0.3) is 0 Å². The number of likely N-dealkylation sites (tertiary alicyclic amines) is 1. The molecule has 0 saturated carbocycles. The van der Waals surface area contributed by atoms with Crippen LogP contribution in [0.15, 0.2) is 48.7 Å². The first-order valence-corrected chi connectivity index (χ1v) is 8.48. The minimum Gasteiger partial charge on any atom is -0.492 e. The maximum atomic E-state index is 10.7. The van der Waals surface area contributed by atoms with Crippen LogP contribution in [-0.2, 0) is 4.79 Å². The van der Waals surface area contributed by atoms with Crippen LogP contribution >= 0.6 is 12.4 Å². The fourth-order valence-corrected chi connectivity index (χ4v) is 2.94. The number of nitrogens with zero attached hydrogens (tertiary/aromatic N) is 2. The summed E-state index contributed by atoms with van der Waals surface area (Å²) >= 11 is 0. The Hall–Kier alpha value is -2.31. The van der Waals surface area contributed by atoms with Crippen LogP contribution < -0.4 is 9.47 Å². The lowest BCUT2D eigenvalue weighted by molar-refractivity contribution is -0.137. The number of ether oxygens (including phenoxy) is 2. The minimum atomic E-state index is -0.755. The molecule has 0 amide bonds. The quantitative estimate of drug-likeness (QED) is 0.756. The van der Waals surface area contributed by atoms with Crippen molar-refractivity contribution in [2.45, 2.75) is 25.3 Å². The Morgan fingerprint density at radius 2 is 1.96 bits per heavy atom. The van der Waals surface area contributed by atoms with Crippen molar-refractivity contribution in [1.29, 1.82) is 0 Å². The molecule has 1 aromatic carbocycles. The molecular weight excluding hydrogens is 356 g/mol. The van der Waals surface area contributed by atoms with Gasteiger partial charge in [-0.3, -0.25) is 9.69 Å². The third kappa shape index (κ3) is 5.89. The van der Waals surface area contributed by atoms with E-state index in [-0.39, 0.29) is 24.9 Å². The van der Waals surface area contributed by atoms with Crippen LogP contribution in [-0.4, -0.2) is 46.7 Å². The Balaban J connectivity index is 0.00000243. The zero-order chi connectivity index (χ0) is 17.5. The number of carboxylic acid groups (broad SMARTS) is 1. The zero-order valence-corrected chi connectivity index (χ0v) is 15.2. The smallest absolute Gasteiger partial charge is 0.304 e. The van der Waals surface area contributed by atoms with Gasteiger partial charge in [0.2, 0.25) is 5.88 Å². The summed E-state index contributed by atoms with van der Waals surface area (Å²) < 4.78 is 11.5. The molecule has 7 heteroatoms. The van der Waals surface area contributed by atoms with Crippen LogP contribution in [0.4, 0.5) is 0 Å². The molecule has 3 rings (SSSR count). The maximum absolute atomic E-state index is 10.7. The summed E-state index contributed by atoms with van der Waals surface area (Å²) in [6.45, 7) is 2.10. The van der Waals surface area contributed by atoms with Crippen LogP contribution in [0.5, 0.6) is 17.4 Å². The summed E-state index contributed by atoms with van der Waals surface area (Å²) in [4.78, 5) is 17.1. The number of hydrogen-bond acceptors (Lipinski definition) is 5. The molecule has 26 heavy (non-hydrogen) atoms. The Morgan fingerprint density at radius 1 is 1.19 bits per heavy atom. The van der Waals surface area contributed by atoms with Gasteiger partial charge in [-0.15, -0.1) is 12.4 Å². The van der Waals surface area contributed by atoms with Gasteiger partial charge in [0, 0.05) is 24.8 Å². The lowest BCUT2D eigenvalue weighted by atomic mass is 10.2. The van der Waals surface area contributed by atoms with Gasteiger partial charge in [0.05, 0.1) is 6.42 Å². The second-order valence-electron chi connectivity index (χ2n) is 6.03. The van der Waals surface area contributed by atoms with Crippen molar-refractivity contribution in [3.05, 3.63) is 48.7 Å². The van der Waals surface area contributed by atoms with Crippen molar-refractivity contribution in [2.75, 3.05) is 19.7 Å². The van der Waals surface area contributed by atoms with Crippen molar-refractivity contribution >= 4 is 18.4 Å². The number of aliphatic carboxylic acids is 1. The Labute approximate surface area is 159 Å². The van der Waals surface area contributed by atoms with E-state index in [2.05, 4.69) is 9.88 Å². The van der Waals surface area contributed by atoms with Gasteiger partial charge in [-0.1, -0.05) is 6.07 Å². The lowest BCUT2D eigenvalue weighted by Crippen LogP contribution is -2.35. The number of carboxylic acids is 1. The fraction of sp³-hybridized carbons (Fsp3) is 0.368. The van der Waals surface area contributed by atoms with Crippen LogP contribution in [0.3, 0.4) is 0 Å². The van der Waals surface area contributed by atoms with Gasteiger partial charge in [-0.25, -0.2) is 4.98 Å². The SMILES string of the molecule is Cl.O=C(O)CCN1CCC[C@@H]1COc1ccc(Oc2ccccn2)cc1. The maximum Gasteiger partial charge on any atom is 0.304 e. The standard InChI is InChI=1S/C19H22N2O4.ClH/c22-19(23)10-13-21-12-3-4-15(21)14-24-16-6-8-17(9-7-16)25-18-5-1-2-11-20-18;/h1-2,5-9,11,15H,3-4,10,12-14H2,(H,22,23);1H/t15-;/m1./s1. The largest absolute Gasteiger partial charge is 0.492 e. The van der Waals surface area contributed by atoms with Gasteiger partial charge in [0.15, 0.2) is 0 Å². The molecule has 6 nitrogen and oxygen atoms in total. The molecule has 140 valence electrons. The van der Waals surface area contributed by atoms with E-state index in [1.54, 1.807) is 12.3 Å². The topological polar surface area (TPSA) is 71.9 Å². The number of halogens is 1. The Morgan fingerprint density at radius 3 is 2.65 bits per heavy atom. The van der Waals surface area contributed by atoms with Crippen molar-refractivity contribution in [3.63, 3.8) is 0 Å². The van der Waals surface area contributed by atoms with E-state index in [1.807, 2.05) is 36.4 Å². The molecule has 1 N–H and O–H groups in total. The summed E-state index contributed by atoms with van der Waals surface area (Å²) in [5.74, 6) is 1.28. The normalized spacial score (nSPS) is 16.7. The van der Waals surface area contributed by atoms with Crippen LogP contribution in [0, 0.1) is 0 Å². The fourth-order valence-electron chi connectivity index (χ4n) is 2.94. The first-order valence-electron chi connectivity index (χ1n) is 8.48. The first-order chi connectivity index (χ1) is 12.2. The Bertz CT molecular complexity index is 682. The van der Waals surface area contributed by atoms with Crippen LogP contribution in [0.2, 0.25) is 0 Å². The van der Waals surface area contributed by atoms with E-state index < -0.39 is 5.97 Å². The van der Waals surface area contributed by atoms with Crippen molar-refractivity contribution in [3.8, 4) is 17.4 Å². The highest BCUT2D eigenvalue weighted by Gasteiger charge is 2.25. The molecular formula is C19H23ClN2O4. The molecule has 1 aliphatic rings. The van der Waals surface area contributed by atoms with Crippen molar-refractivity contribution < 1.29 is 19.4 Å². The number of rotatable bonds is 8. The average molecular weight is 379 g/mol. The molecule has 2 aromatic rings. The first kappa shape index (κ1) is 20.0. The van der Waals surface area contributed by atoms with E-state index in [0.29, 0.717) is 24.8 Å². The summed E-state index contributed by atoms with van der Waals surface area (Å²) in [5.41, 5.74) is 0. The summed E-state index contributed by atoms with van der Waals surface area (Å²) in [7, 11) is 0. The van der Waals surface area contributed by atoms with Crippen molar-refractivity contribution in [1.82, 2.24) is 9.88 Å². The number of benzene rings is 1. The van der Waals surface area contributed by atoms with E-state index in [0.717, 1.165) is 25.1 Å². The van der Waals surface area contributed by atoms with E-state index >= 15 is 0 Å².